The lowest BCUT2D eigenvalue weighted by Gasteiger charge is -2.42. The fraction of sp³-hybridized carbons (Fsp3) is 0.533. The number of likely N-dealkylation sites (N-methyl/N-ethyl adjacent to an activating group) is 1. The number of carbonyl (C=O) groups is 1. The third-order valence-corrected chi connectivity index (χ3v) is 4.04. The molecule has 2 atom stereocenters. The summed E-state index contributed by atoms with van der Waals surface area (Å²) in [6.45, 7) is 7.50. The van der Waals surface area contributed by atoms with Gasteiger partial charge < -0.3 is 5.11 Å². The Balaban J connectivity index is 1.99. The number of piperazine rings is 1. The number of hydrogen-bond donors (Lipinski definition) is 1. The Bertz CT molecular complexity index is 432. The zero-order chi connectivity index (χ0) is 14.0. The Morgan fingerprint density at radius 2 is 1.74 bits per heavy atom. The SMILES string of the molecule is C[C@@H]1CN(Cc2ccc(C(=O)O)cc2)C[C@H](C)N1C. The second kappa shape index (κ2) is 5.72. The van der Waals surface area contributed by atoms with Gasteiger partial charge in [0.05, 0.1) is 5.56 Å². The van der Waals surface area contributed by atoms with Gasteiger partial charge in [0, 0.05) is 31.7 Å². The van der Waals surface area contributed by atoms with Crippen LogP contribution in [0.5, 0.6) is 0 Å². The summed E-state index contributed by atoms with van der Waals surface area (Å²) in [4.78, 5) is 15.7. The first-order valence-corrected chi connectivity index (χ1v) is 6.74. The minimum atomic E-state index is -0.867. The molecule has 104 valence electrons. The van der Waals surface area contributed by atoms with Gasteiger partial charge in [-0.1, -0.05) is 12.1 Å². The number of aromatic carboxylic acids is 1. The van der Waals surface area contributed by atoms with E-state index in [9.17, 15) is 4.79 Å². The van der Waals surface area contributed by atoms with Crippen molar-refractivity contribution < 1.29 is 9.90 Å². The van der Waals surface area contributed by atoms with Crippen LogP contribution < -0.4 is 0 Å². The lowest BCUT2D eigenvalue weighted by atomic mass is 10.1. The molecule has 0 radical (unpaired) electrons. The topological polar surface area (TPSA) is 43.8 Å². The second-order valence-electron chi connectivity index (χ2n) is 5.56. The van der Waals surface area contributed by atoms with E-state index < -0.39 is 5.97 Å². The van der Waals surface area contributed by atoms with Gasteiger partial charge in [0.25, 0.3) is 0 Å². The Kier molecular flexibility index (Phi) is 4.22. The van der Waals surface area contributed by atoms with E-state index in [2.05, 4.69) is 30.7 Å². The van der Waals surface area contributed by atoms with E-state index in [0.717, 1.165) is 19.6 Å². The summed E-state index contributed by atoms with van der Waals surface area (Å²) in [6, 6.07) is 8.30. The lowest BCUT2D eigenvalue weighted by molar-refractivity contribution is 0.0556. The van der Waals surface area contributed by atoms with Crippen LogP contribution in [0.1, 0.15) is 29.8 Å². The number of rotatable bonds is 3. The molecular weight excluding hydrogens is 240 g/mol. The third kappa shape index (κ3) is 3.33. The van der Waals surface area contributed by atoms with Crippen LogP contribution in [0.4, 0.5) is 0 Å². The predicted molar refractivity (Wildman–Crippen MR) is 75.4 cm³/mol. The van der Waals surface area contributed by atoms with Crippen molar-refractivity contribution in [2.24, 2.45) is 0 Å². The maximum absolute atomic E-state index is 10.8. The van der Waals surface area contributed by atoms with E-state index in [1.54, 1.807) is 12.1 Å². The number of hydrogen-bond acceptors (Lipinski definition) is 3. The smallest absolute Gasteiger partial charge is 0.335 e. The first-order valence-electron chi connectivity index (χ1n) is 6.74. The molecule has 0 unspecified atom stereocenters. The van der Waals surface area contributed by atoms with Crippen molar-refractivity contribution in [3.63, 3.8) is 0 Å². The van der Waals surface area contributed by atoms with Crippen molar-refractivity contribution in [3.05, 3.63) is 35.4 Å². The Morgan fingerprint density at radius 3 is 2.21 bits per heavy atom. The molecule has 1 aromatic carbocycles. The van der Waals surface area contributed by atoms with Crippen molar-refractivity contribution >= 4 is 5.97 Å². The summed E-state index contributed by atoms with van der Waals surface area (Å²) in [7, 11) is 2.17. The molecule has 4 nitrogen and oxygen atoms in total. The largest absolute Gasteiger partial charge is 0.478 e. The molecule has 1 fully saturated rings. The van der Waals surface area contributed by atoms with Crippen molar-refractivity contribution in [1.29, 1.82) is 0 Å². The van der Waals surface area contributed by atoms with Gasteiger partial charge in [-0.25, -0.2) is 4.79 Å². The van der Waals surface area contributed by atoms with E-state index in [4.69, 9.17) is 5.11 Å². The van der Waals surface area contributed by atoms with Gasteiger partial charge in [0.15, 0.2) is 0 Å². The first kappa shape index (κ1) is 14.0. The van der Waals surface area contributed by atoms with E-state index >= 15 is 0 Å². The van der Waals surface area contributed by atoms with Crippen LogP contribution in [0.15, 0.2) is 24.3 Å². The zero-order valence-corrected chi connectivity index (χ0v) is 11.8. The van der Waals surface area contributed by atoms with Gasteiger partial charge in [-0.3, -0.25) is 9.80 Å². The predicted octanol–water partition coefficient (Wildman–Crippen LogP) is 1.91. The van der Waals surface area contributed by atoms with E-state index in [1.165, 1.54) is 5.56 Å². The number of benzene rings is 1. The molecule has 1 heterocycles. The molecule has 0 bridgehead atoms. The van der Waals surface area contributed by atoms with Crippen LogP contribution in [0.2, 0.25) is 0 Å². The molecule has 0 spiro atoms. The summed E-state index contributed by atoms with van der Waals surface area (Å²) >= 11 is 0. The average Bonchev–Trinajstić information content (AvgIpc) is 2.36. The Morgan fingerprint density at radius 1 is 1.21 bits per heavy atom. The van der Waals surface area contributed by atoms with Gasteiger partial charge >= 0.3 is 5.97 Å². The van der Waals surface area contributed by atoms with Gasteiger partial charge in [-0.15, -0.1) is 0 Å². The summed E-state index contributed by atoms with van der Waals surface area (Å²) in [5, 5.41) is 8.88. The van der Waals surface area contributed by atoms with Crippen molar-refractivity contribution in [3.8, 4) is 0 Å². The minimum Gasteiger partial charge on any atom is -0.478 e. The molecule has 0 amide bonds. The Hall–Kier alpha value is -1.39. The molecule has 19 heavy (non-hydrogen) atoms. The second-order valence-corrected chi connectivity index (χ2v) is 5.56. The van der Waals surface area contributed by atoms with Crippen molar-refractivity contribution in [1.82, 2.24) is 9.80 Å². The van der Waals surface area contributed by atoms with Crippen LogP contribution in [0.25, 0.3) is 0 Å². The van der Waals surface area contributed by atoms with Gasteiger partial charge in [-0.2, -0.15) is 0 Å². The monoisotopic (exact) mass is 262 g/mol. The molecule has 0 aliphatic carbocycles. The zero-order valence-electron chi connectivity index (χ0n) is 11.8. The normalized spacial score (nSPS) is 25.4. The van der Waals surface area contributed by atoms with E-state index in [0.29, 0.717) is 17.6 Å². The number of carboxylic acid groups (broad SMARTS) is 1. The van der Waals surface area contributed by atoms with Gasteiger partial charge in [0.2, 0.25) is 0 Å². The highest BCUT2D eigenvalue weighted by molar-refractivity contribution is 5.87. The highest BCUT2D eigenvalue weighted by Crippen LogP contribution is 2.16. The molecule has 1 N–H and O–H groups in total. The molecule has 1 aliphatic rings. The Labute approximate surface area is 114 Å². The van der Waals surface area contributed by atoms with E-state index in [-0.39, 0.29) is 0 Å². The molecule has 1 saturated heterocycles. The minimum absolute atomic E-state index is 0.351. The standard InChI is InChI=1S/C15H22N2O2/c1-11-8-17(9-12(2)16(11)3)10-13-4-6-14(7-5-13)15(18)19/h4-7,11-12H,8-10H2,1-3H3,(H,18,19)/t11-,12+. The van der Waals surface area contributed by atoms with E-state index in [1.807, 2.05) is 12.1 Å². The fourth-order valence-electron chi connectivity index (χ4n) is 2.65. The van der Waals surface area contributed by atoms with Crippen LogP contribution in [0.3, 0.4) is 0 Å². The van der Waals surface area contributed by atoms with Gasteiger partial charge in [-0.05, 0) is 38.6 Å². The molecule has 4 heteroatoms. The number of carboxylic acids is 1. The third-order valence-electron chi connectivity index (χ3n) is 4.04. The first-order chi connectivity index (χ1) is 8.97. The summed E-state index contributed by atoms with van der Waals surface area (Å²) in [6.07, 6.45) is 0. The van der Waals surface area contributed by atoms with Gasteiger partial charge in [0.1, 0.15) is 0 Å². The summed E-state index contributed by atoms with van der Waals surface area (Å²) in [5.41, 5.74) is 1.53. The highest BCUT2D eigenvalue weighted by atomic mass is 16.4. The summed E-state index contributed by atoms with van der Waals surface area (Å²) in [5.74, 6) is -0.867. The molecule has 0 saturated carbocycles. The molecular formula is C15H22N2O2. The highest BCUT2D eigenvalue weighted by Gasteiger charge is 2.26. The molecule has 0 aromatic heterocycles. The maximum atomic E-state index is 10.8. The summed E-state index contributed by atoms with van der Waals surface area (Å²) < 4.78 is 0. The van der Waals surface area contributed by atoms with Crippen molar-refractivity contribution in [2.75, 3.05) is 20.1 Å². The van der Waals surface area contributed by atoms with Crippen molar-refractivity contribution in [2.45, 2.75) is 32.5 Å². The fourth-order valence-corrected chi connectivity index (χ4v) is 2.65. The van der Waals surface area contributed by atoms with Crippen LogP contribution in [-0.4, -0.2) is 53.1 Å². The van der Waals surface area contributed by atoms with Crippen LogP contribution >= 0.6 is 0 Å². The maximum Gasteiger partial charge on any atom is 0.335 e. The van der Waals surface area contributed by atoms with Crippen LogP contribution in [-0.2, 0) is 6.54 Å². The average molecular weight is 262 g/mol. The quantitative estimate of drug-likeness (QED) is 0.903. The molecule has 2 rings (SSSR count). The lowest BCUT2D eigenvalue weighted by Crippen LogP contribution is -2.54. The van der Waals surface area contributed by atoms with Crippen LogP contribution in [0, 0.1) is 0 Å². The number of nitrogens with zero attached hydrogens (tertiary/aromatic N) is 2. The molecule has 1 aromatic rings. The molecule has 1 aliphatic heterocycles.